The molecule has 0 aromatic carbocycles. The predicted molar refractivity (Wildman–Crippen MR) is 58.8 cm³/mol. The number of piperidine rings is 1. The maximum atomic E-state index is 10.4. The Kier molecular flexibility index (Phi) is 3.36. The zero-order chi connectivity index (χ0) is 10.8. The van der Waals surface area contributed by atoms with Gasteiger partial charge in [0.1, 0.15) is 5.60 Å². The van der Waals surface area contributed by atoms with Crippen LogP contribution in [0.2, 0.25) is 0 Å². The molecule has 0 radical (unpaired) electrons. The van der Waals surface area contributed by atoms with Crippen LogP contribution < -0.4 is 5.32 Å². The van der Waals surface area contributed by atoms with Gasteiger partial charge in [-0.05, 0) is 19.9 Å². The van der Waals surface area contributed by atoms with Crippen LogP contribution >= 0.6 is 0 Å². The van der Waals surface area contributed by atoms with Gasteiger partial charge in [0, 0.05) is 24.4 Å². The Morgan fingerprint density at radius 1 is 1.50 bits per heavy atom. The molecule has 14 heavy (non-hydrogen) atoms. The lowest BCUT2D eigenvalue weighted by Gasteiger charge is -2.42. The van der Waals surface area contributed by atoms with Crippen molar-refractivity contribution >= 4 is 0 Å². The Morgan fingerprint density at radius 2 is 2.14 bits per heavy atom. The molecule has 0 amide bonds. The van der Waals surface area contributed by atoms with Crippen LogP contribution in [0.4, 0.5) is 0 Å². The molecule has 4 atom stereocenters. The molecule has 78 valence electrons. The molecule has 1 rings (SSSR count). The number of hydrogen-bond acceptors (Lipinski definition) is 2. The van der Waals surface area contributed by atoms with Crippen molar-refractivity contribution < 1.29 is 5.11 Å². The average Bonchev–Trinajstić information content (AvgIpc) is 2.11. The molecule has 1 aliphatic rings. The zero-order valence-corrected chi connectivity index (χ0v) is 9.17. The molecular weight excluding hydrogens is 174 g/mol. The fourth-order valence-electron chi connectivity index (χ4n) is 2.06. The highest BCUT2D eigenvalue weighted by molar-refractivity contribution is 5.24. The monoisotopic (exact) mass is 193 g/mol. The maximum Gasteiger partial charge on any atom is 0.131 e. The first-order chi connectivity index (χ1) is 6.49. The van der Waals surface area contributed by atoms with Crippen LogP contribution in [0.25, 0.3) is 0 Å². The lowest BCUT2D eigenvalue weighted by atomic mass is 9.76. The number of rotatable bonds is 0. The van der Waals surface area contributed by atoms with Gasteiger partial charge in [-0.1, -0.05) is 25.3 Å². The van der Waals surface area contributed by atoms with Gasteiger partial charge in [-0.3, -0.25) is 0 Å². The summed E-state index contributed by atoms with van der Waals surface area (Å²) in [4.78, 5) is 0. The average molecular weight is 193 g/mol. The molecule has 0 bridgehead atoms. The topological polar surface area (TPSA) is 32.3 Å². The van der Waals surface area contributed by atoms with Crippen molar-refractivity contribution in [3.05, 3.63) is 12.7 Å². The third kappa shape index (κ3) is 2.17. The van der Waals surface area contributed by atoms with Crippen molar-refractivity contribution in [2.75, 3.05) is 0 Å². The molecule has 0 unspecified atom stereocenters. The number of aliphatic hydroxyl groups is 1. The van der Waals surface area contributed by atoms with Crippen molar-refractivity contribution in [1.82, 2.24) is 5.32 Å². The molecule has 0 aromatic rings. The third-order valence-corrected chi connectivity index (χ3v) is 3.06. The minimum Gasteiger partial charge on any atom is -0.377 e. The summed E-state index contributed by atoms with van der Waals surface area (Å²) < 4.78 is 0. The van der Waals surface area contributed by atoms with E-state index in [1.807, 2.05) is 6.92 Å². The molecule has 0 aromatic heterocycles. The van der Waals surface area contributed by atoms with E-state index in [1.165, 1.54) is 6.08 Å². The van der Waals surface area contributed by atoms with Crippen LogP contribution in [0.5, 0.6) is 0 Å². The van der Waals surface area contributed by atoms with E-state index < -0.39 is 5.60 Å². The van der Waals surface area contributed by atoms with Gasteiger partial charge < -0.3 is 10.4 Å². The normalized spacial score (nSPS) is 42.4. The van der Waals surface area contributed by atoms with Gasteiger partial charge in [0.05, 0.1) is 0 Å². The van der Waals surface area contributed by atoms with Crippen LogP contribution in [0, 0.1) is 17.8 Å². The van der Waals surface area contributed by atoms with Gasteiger partial charge >= 0.3 is 0 Å². The zero-order valence-electron chi connectivity index (χ0n) is 9.17. The fraction of sp³-hybridized carbons (Fsp3) is 0.667. The fourth-order valence-corrected chi connectivity index (χ4v) is 2.06. The Balaban J connectivity index is 2.88. The van der Waals surface area contributed by atoms with E-state index in [4.69, 9.17) is 0 Å². The SMILES string of the molecule is C=CC#C[C@]1(O)C[C@H](C)N[C@@H](C)[C@H]1C. The van der Waals surface area contributed by atoms with Crippen LogP contribution in [-0.4, -0.2) is 22.8 Å². The lowest BCUT2D eigenvalue weighted by Crippen LogP contribution is -2.56. The summed E-state index contributed by atoms with van der Waals surface area (Å²) in [6, 6.07) is 0.605. The molecule has 1 heterocycles. The number of allylic oxidation sites excluding steroid dienone is 1. The minimum absolute atomic E-state index is 0.145. The van der Waals surface area contributed by atoms with E-state index in [2.05, 4.69) is 37.6 Å². The second-order valence-corrected chi connectivity index (χ2v) is 4.25. The molecule has 2 heteroatoms. The third-order valence-electron chi connectivity index (χ3n) is 3.06. The summed E-state index contributed by atoms with van der Waals surface area (Å²) in [7, 11) is 0. The van der Waals surface area contributed by atoms with Gasteiger partial charge in [0.25, 0.3) is 0 Å². The van der Waals surface area contributed by atoms with Gasteiger partial charge in [-0.15, -0.1) is 0 Å². The van der Waals surface area contributed by atoms with Crippen LogP contribution in [-0.2, 0) is 0 Å². The van der Waals surface area contributed by atoms with Crippen molar-refractivity contribution in [2.45, 2.75) is 44.9 Å². The molecule has 1 saturated heterocycles. The summed E-state index contributed by atoms with van der Waals surface area (Å²) >= 11 is 0. The second-order valence-electron chi connectivity index (χ2n) is 4.25. The molecular formula is C12H19NO. The quantitative estimate of drug-likeness (QED) is 0.569. The van der Waals surface area contributed by atoms with Gasteiger partial charge in [0.15, 0.2) is 0 Å². The van der Waals surface area contributed by atoms with Gasteiger partial charge in [-0.25, -0.2) is 0 Å². The Morgan fingerprint density at radius 3 is 2.71 bits per heavy atom. The summed E-state index contributed by atoms with van der Waals surface area (Å²) in [6.45, 7) is 9.72. The molecule has 1 fully saturated rings. The summed E-state index contributed by atoms with van der Waals surface area (Å²) in [6.07, 6.45) is 2.21. The largest absolute Gasteiger partial charge is 0.377 e. The number of nitrogens with one attached hydrogen (secondary N) is 1. The van der Waals surface area contributed by atoms with E-state index in [0.717, 1.165) is 0 Å². The van der Waals surface area contributed by atoms with Crippen LogP contribution in [0.15, 0.2) is 12.7 Å². The Bertz CT molecular complexity index is 276. The Hall–Kier alpha value is -0.780. The van der Waals surface area contributed by atoms with E-state index in [9.17, 15) is 5.11 Å². The van der Waals surface area contributed by atoms with Crippen LogP contribution in [0.1, 0.15) is 27.2 Å². The first-order valence-electron chi connectivity index (χ1n) is 5.11. The highest BCUT2D eigenvalue weighted by atomic mass is 16.3. The van der Waals surface area contributed by atoms with E-state index in [1.54, 1.807) is 0 Å². The van der Waals surface area contributed by atoms with Crippen molar-refractivity contribution in [3.8, 4) is 11.8 Å². The smallest absolute Gasteiger partial charge is 0.131 e. The summed E-state index contributed by atoms with van der Waals surface area (Å²) in [5.74, 6) is 5.82. The Labute approximate surface area is 86.4 Å². The van der Waals surface area contributed by atoms with Crippen molar-refractivity contribution in [3.63, 3.8) is 0 Å². The highest BCUT2D eigenvalue weighted by Gasteiger charge is 2.41. The second kappa shape index (κ2) is 4.16. The van der Waals surface area contributed by atoms with Gasteiger partial charge in [0.2, 0.25) is 0 Å². The van der Waals surface area contributed by atoms with E-state index in [0.29, 0.717) is 18.5 Å². The predicted octanol–water partition coefficient (Wildman–Crippen LogP) is 1.31. The highest BCUT2D eigenvalue weighted by Crippen LogP contribution is 2.29. The minimum atomic E-state index is -0.863. The van der Waals surface area contributed by atoms with Gasteiger partial charge in [-0.2, -0.15) is 0 Å². The molecule has 2 nitrogen and oxygen atoms in total. The van der Waals surface area contributed by atoms with Crippen molar-refractivity contribution in [1.29, 1.82) is 0 Å². The molecule has 1 aliphatic heterocycles. The lowest BCUT2D eigenvalue weighted by molar-refractivity contribution is -0.0117. The summed E-state index contributed by atoms with van der Waals surface area (Å²) in [5.41, 5.74) is -0.863. The first-order valence-corrected chi connectivity index (χ1v) is 5.11. The van der Waals surface area contributed by atoms with E-state index in [-0.39, 0.29) is 5.92 Å². The maximum absolute atomic E-state index is 10.4. The molecule has 0 aliphatic carbocycles. The molecule has 0 spiro atoms. The molecule has 0 saturated carbocycles. The van der Waals surface area contributed by atoms with Crippen molar-refractivity contribution in [2.24, 2.45) is 5.92 Å². The number of hydrogen-bond donors (Lipinski definition) is 2. The standard InChI is InChI=1S/C12H19NO/c1-5-6-7-12(14)8-9(2)13-11(4)10(12)3/h5,9-11,13-14H,1,8H2,2-4H3/t9-,10+,11-,12-/m0/s1. The van der Waals surface area contributed by atoms with E-state index >= 15 is 0 Å². The molecule has 2 N–H and O–H groups in total. The summed E-state index contributed by atoms with van der Waals surface area (Å²) in [5, 5.41) is 13.8. The first kappa shape index (κ1) is 11.3. The van der Waals surface area contributed by atoms with Crippen LogP contribution in [0.3, 0.4) is 0 Å².